The summed E-state index contributed by atoms with van der Waals surface area (Å²) in [5, 5.41) is 3.27. The van der Waals surface area contributed by atoms with Gasteiger partial charge in [0, 0.05) is 12.5 Å². The number of nitrogens with zero attached hydrogens (tertiary/aromatic N) is 2. The van der Waals surface area contributed by atoms with Crippen LogP contribution in [0.5, 0.6) is 0 Å². The summed E-state index contributed by atoms with van der Waals surface area (Å²) >= 11 is 7.07. The SMILES string of the molecule is CCNc1nc(-c2occc2Br)nc(C2CC2)c1Br. The predicted octanol–water partition coefficient (Wildman–Crippen LogP) is 4.57. The molecule has 1 saturated carbocycles. The Morgan fingerprint density at radius 1 is 1.37 bits per heavy atom. The summed E-state index contributed by atoms with van der Waals surface area (Å²) in [7, 11) is 0. The molecule has 2 aromatic rings. The first kappa shape index (κ1) is 13.1. The van der Waals surface area contributed by atoms with Crippen molar-refractivity contribution in [2.45, 2.75) is 25.7 Å². The summed E-state index contributed by atoms with van der Waals surface area (Å²) in [5.41, 5.74) is 1.07. The minimum Gasteiger partial charge on any atom is -0.460 e. The van der Waals surface area contributed by atoms with E-state index in [0.29, 0.717) is 17.5 Å². The van der Waals surface area contributed by atoms with Crippen LogP contribution in [0, 0.1) is 0 Å². The van der Waals surface area contributed by atoms with Gasteiger partial charge in [0.05, 0.1) is 20.9 Å². The third-order valence-electron chi connectivity index (χ3n) is 3.01. The molecule has 2 heterocycles. The van der Waals surface area contributed by atoms with Gasteiger partial charge >= 0.3 is 0 Å². The molecular weight excluding hydrogens is 374 g/mol. The van der Waals surface area contributed by atoms with Crippen LogP contribution in [0.3, 0.4) is 0 Å². The highest BCUT2D eigenvalue weighted by molar-refractivity contribution is 9.11. The van der Waals surface area contributed by atoms with E-state index in [1.165, 1.54) is 12.8 Å². The van der Waals surface area contributed by atoms with E-state index in [-0.39, 0.29) is 0 Å². The maximum Gasteiger partial charge on any atom is 0.199 e. The maximum atomic E-state index is 5.46. The van der Waals surface area contributed by atoms with E-state index in [2.05, 4.69) is 47.1 Å². The van der Waals surface area contributed by atoms with Crippen LogP contribution in [-0.2, 0) is 0 Å². The van der Waals surface area contributed by atoms with Crippen molar-refractivity contribution < 1.29 is 4.42 Å². The molecule has 0 aromatic carbocycles. The van der Waals surface area contributed by atoms with Gasteiger partial charge in [-0.05, 0) is 57.7 Å². The molecule has 0 bridgehead atoms. The van der Waals surface area contributed by atoms with E-state index in [0.717, 1.165) is 27.0 Å². The molecule has 3 rings (SSSR count). The zero-order chi connectivity index (χ0) is 13.4. The van der Waals surface area contributed by atoms with Crippen molar-refractivity contribution in [3.63, 3.8) is 0 Å². The quantitative estimate of drug-likeness (QED) is 0.835. The lowest BCUT2D eigenvalue weighted by Gasteiger charge is -2.11. The molecule has 0 radical (unpaired) electrons. The Labute approximate surface area is 128 Å². The van der Waals surface area contributed by atoms with Crippen LogP contribution in [0.15, 0.2) is 25.7 Å². The molecule has 1 aliphatic rings. The smallest absolute Gasteiger partial charge is 0.199 e. The summed E-state index contributed by atoms with van der Waals surface area (Å²) in [4.78, 5) is 9.20. The summed E-state index contributed by atoms with van der Waals surface area (Å²) in [6.07, 6.45) is 4.02. The van der Waals surface area contributed by atoms with Gasteiger partial charge in [-0.2, -0.15) is 0 Å². The molecule has 1 fully saturated rings. The number of hydrogen-bond donors (Lipinski definition) is 1. The molecule has 1 N–H and O–H groups in total. The molecule has 0 aliphatic heterocycles. The van der Waals surface area contributed by atoms with Gasteiger partial charge in [0.2, 0.25) is 0 Å². The highest BCUT2D eigenvalue weighted by Crippen LogP contribution is 2.44. The molecule has 0 atom stereocenters. The fourth-order valence-electron chi connectivity index (χ4n) is 1.93. The van der Waals surface area contributed by atoms with Gasteiger partial charge in [0.15, 0.2) is 11.6 Å². The number of hydrogen-bond acceptors (Lipinski definition) is 4. The van der Waals surface area contributed by atoms with E-state index in [9.17, 15) is 0 Å². The number of furan rings is 1. The van der Waals surface area contributed by atoms with Crippen molar-refractivity contribution in [1.29, 1.82) is 0 Å². The molecule has 4 nitrogen and oxygen atoms in total. The van der Waals surface area contributed by atoms with E-state index in [1.54, 1.807) is 6.26 Å². The number of halogens is 2. The standard InChI is InChI=1S/C13H13Br2N3O/c1-2-16-12-9(15)10(7-3-4-7)17-13(18-12)11-8(14)5-6-19-11/h5-7H,2-4H2,1H3,(H,16,17,18). The molecule has 6 heteroatoms. The van der Waals surface area contributed by atoms with Crippen molar-refractivity contribution in [3.8, 4) is 11.6 Å². The zero-order valence-electron chi connectivity index (χ0n) is 10.4. The summed E-state index contributed by atoms with van der Waals surface area (Å²) in [6.45, 7) is 2.87. The van der Waals surface area contributed by atoms with Gasteiger partial charge in [-0.3, -0.25) is 0 Å². The Bertz CT molecular complexity index is 608. The summed E-state index contributed by atoms with van der Waals surface area (Å²) in [6, 6.07) is 1.85. The number of anilines is 1. The third-order valence-corrected chi connectivity index (χ3v) is 4.41. The number of nitrogens with one attached hydrogen (secondary N) is 1. The second-order valence-corrected chi connectivity index (χ2v) is 6.14. The van der Waals surface area contributed by atoms with Gasteiger partial charge in [0.25, 0.3) is 0 Å². The Balaban J connectivity index is 2.12. The number of rotatable bonds is 4. The number of aromatic nitrogens is 2. The average Bonchev–Trinajstić information content (AvgIpc) is 3.14. The normalized spacial score (nSPS) is 14.7. The van der Waals surface area contributed by atoms with Crippen molar-refractivity contribution >= 4 is 37.7 Å². The summed E-state index contributed by atoms with van der Waals surface area (Å²) in [5.74, 6) is 2.67. The van der Waals surface area contributed by atoms with Crippen LogP contribution in [-0.4, -0.2) is 16.5 Å². The predicted molar refractivity (Wildman–Crippen MR) is 81.3 cm³/mol. The van der Waals surface area contributed by atoms with E-state index in [1.807, 2.05) is 13.0 Å². The monoisotopic (exact) mass is 385 g/mol. The lowest BCUT2D eigenvalue weighted by atomic mass is 10.2. The highest BCUT2D eigenvalue weighted by atomic mass is 79.9. The molecule has 19 heavy (non-hydrogen) atoms. The van der Waals surface area contributed by atoms with Crippen LogP contribution in [0.25, 0.3) is 11.6 Å². The van der Waals surface area contributed by atoms with E-state index >= 15 is 0 Å². The Morgan fingerprint density at radius 3 is 2.74 bits per heavy atom. The molecule has 0 spiro atoms. The van der Waals surface area contributed by atoms with Gasteiger partial charge in [-0.15, -0.1) is 0 Å². The first-order chi connectivity index (χ1) is 9.20. The maximum absolute atomic E-state index is 5.46. The van der Waals surface area contributed by atoms with Crippen molar-refractivity contribution in [2.24, 2.45) is 0 Å². The van der Waals surface area contributed by atoms with Gasteiger partial charge in [0.1, 0.15) is 5.82 Å². The van der Waals surface area contributed by atoms with E-state index in [4.69, 9.17) is 4.42 Å². The first-order valence-corrected chi connectivity index (χ1v) is 7.84. The minimum atomic E-state index is 0.544. The lowest BCUT2D eigenvalue weighted by molar-refractivity contribution is 0.575. The lowest BCUT2D eigenvalue weighted by Crippen LogP contribution is -2.05. The summed E-state index contributed by atoms with van der Waals surface area (Å²) < 4.78 is 7.31. The molecule has 2 aromatic heterocycles. The van der Waals surface area contributed by atoms with Crippen LogP contribution >= 0.6 is 31.9 Å². The van der Waals surface area contributed by atoms with Crippen molar-refractivity contribution in [2.75, 3.05) is 11.9 Å². The fourth-order valence-corrected chi connectivity index (χ4v) is 2.95. The second kappa shape index (κ2) is 5.25. The van der Waals surface area contributed by atoms with Crippen LogP contribution in [0.1, 0.15) is 31.4 Å². The first-order valence-electron chi connectivity index (χ1n) is 6.25. The molecule has 0 unspecified atom stereocenters. The molecule has 0 amide bonds. The van der Waals surface area contributed by atoms with Gasteiger partial charge in [-0.1, -0.05) is 0 Å². The molecule has 0 saturated heterocycles. The zero-order valence-corrected chi connectivity index (χ0v) is 13.6. The average molecular weight is 387 g/mol. The fraction of sp³-hybridized carbons (Fsp3) is 0.385. The van der Waals surface area contributed by atoms with E-state index < -0.39 is 0 Å². The molecular formula is C13H13Br2N3O. The van der Waals surface area contributed by atoms with Gasteiger partial charge in [-0.25, -0.2) is 9.97 Å². The van der Waals surface area contributed by atoms with Crippen LogP contribution in [0.2, 0.25) is 0 Å². The molecule has 1 aliphatic carbocycles. The molecule has 100 valence electrons. The van der Waals surface area contributed by atoms with Crippen molar-refractivity contribution in [3.05, 3.63) is 27.0 Å². The Kier molecular flexibility index (Phi) is 3.62. The minimum absolute atomic E-state index is 0.544. The van der Waals surface area contributed by atoms with Crippen LogP contribution in [0.4, 0.5) is 5.82 Å². The third kappa shape index (κ3) is 2.56. The Hall–Kier alpha value is -0.880. The highest BCUT2D eigenvalue weighted by Gasteiger charge is 2.30. The topological polar surface area (TPSA) is 51.0 Å². The van der Waals surface area contributed by atoms with Gasteiger partial charge < -0.3 is 9.73 Å². The van der Waals surface area contributed by atoms with Crippen molar-refractivity contribution in [1.82, 2.24) is 9.97 Å². The largest absolute Gasteiger partial charge is 0.460 e. The second-order valence-electron chi connectivity index (χ2n) is 4.50. The Morgan fingerprint density at radius 2 is 2.16 bits per heavy atom. The van der Waals surface area contributed by atoms with Crippen LogP contribution < -0.4 is 5.32 Å².